The maximum atomic E-state index is 5.90. The van der Waals surface area contributed by atoms with E-state index in [1.165, 1.54) is 50.0 Å². The number of nitrogens with zero attached hydrogens (tertiary/aromatic N) is 1. The Kier molecular flexibility index (Phi) is 9.57. The predicted octanol–water partition coefficient (Wildman–Crippen LogP) is 6.89. The van der Waals surface area contributed by atoms with Crippen molar-refractivity contribution in [2.75, 3.05) is 26.2 Å². The summed E-state index contributed by atoms with van der Waals surface area (Å²) in [5.41, 5.74) is 2.61. The summed E-state index contributed by atoms with van der Waals surface area (Å²) in [6.45, 7) is 15.2. The predicted molar refractivity (Wildman–Crippen MR) is 123 cm³/mol. The first-order valence-corrected chi connectivity index (χ1v) is 10.9. The van der Waals surface area contributed by atoms with Gasteiger partial charge in [0.05, 0.1) is 6.61 Å². The Bertz CT molecular complexity index is 633. The topological polar surface area (TPSA) is 12.5 Å². The van der Waals surface area contributed by atoms with E-state index < -0.39 is 0 Å². The van der Waals surface area contributed by atoms with Crippen molar-refractivity contribution in [3.05, 3.63) is 60.2 Å². The first-order chi connectivity index (χ1) is 13.5. The van der Waals surface area contributed by atoms with Gasteiger partial charge in [0, 0.05) is 5.41 Å². The van der Waals surface area contributed by atoms with Crippen LogP contribution < -0.4 is 4.74 Å². The molecular formula is C26H39NO. The van der Waals surface area contributed by atoms with Crippen molar-refractivity contribution >= 4 is 6.08 Å². The lowest BCUT2D eigenvalue weighted by atomic mass is 9.84. The van der Waals surface area contributed by atoms with Crippen LogP contribution in [0.25, 0.3) is 6.08 Å². The van der Waals surface area contributed by atoms with Gasteiger partial charge >= 0.3 is 0 Å². The fourth-order valence-electron chi connectivity index (χ4n) is 3.52. The van der Waals surface area contributed by atoms with Crippen LogP contribution in [0, 0.1) is 5.41 Å². The number of benzene rings is 1. The second-order valence-corrected chi connectivity index (χ2v) is 8.54. The molecule has 0 spiro atoms. The molecule has 0 amide bonds. The lowest BCUT2D eigenvalue weighted by Crippen LogP contribution is -2.20. The summed E-state index contributed by atoms with van der Waals surface area (Å²) >= 11 is 0. The molecule has 1 atom stereocenters. The van der Waals surface area contributed by atoms with Gasteiger partial charge in [0.15, 0.2) is 0 Å². The van der Waals surface area contributed by atoms with E-state index in [4.69, 9.17) is 4.74 Å². The summed E-state index contributed by atoms with van der Waals surface area (Å²) in [5.74, 6) is 0.966. The van der Waals surface area contributed by atoms with E-state index in [1.807, 2.05) is 0 Å². The maximum Gasteiger partial charge on any atom is 0.119 e. The van der Waals surface area contributed by atoms with Gasteiger partial charge in [-0.15, -0.1) is 6.58 Å². The van der Waals surface area contributed by atoms with Crippen molar-refractivity contribution in [2.45, 2.75) is 59.3 Å². The standard InChI is InChI=1S/C26H39NO/c1-5-26(4,17-10-11-23(2)3)18-16-24-12-14-25(15-13-24)28-22-9-8-21-27-19-6-7-20-27/h5,11-16,18H,1,6-10,17,19-22H2,2-4H3/b18-16+/t26-/m1/s1. The van der Waals surface area contributed by atoms with Gasteiger partial charge < -0.3 is 9.64 Å². The second-order valence-electron chi connectivity index (χ2n) is 8.54. The summed E-state index contributed by atoms with van der Waals surface area (Å²) in [5, 5.41) is 0. The van der Waals surface area contributed by atoms with Crippen molar-refractivity contribution in [3.63, 3.8) is 0 Å². The molecule has 1 aliphatic heterocycles. The number of unbranched alkanes of at least 4 members (excludes halogenated alkanes) is 1. The largest absolute Gasteiger partial charge is 0.494 e. The summed E-state index contributed by atoms with van der Waals surface area (Å²) in [6, 6.07) is 8.43. The smallest absolute Gasteiger partial charge is 0.119 e. The minimum atomic E-state index is 0.0243. The summed E-state index contributed by atoms with van der Waals surface area (Å²) in [4.78, 5) is 2.57. The lowest BCUT2D eigenvalue weighted by Gasteiger charge is -2.20. The first-order valence-electron chi connectivity index (χ1n) is 10.9. The average Bonchev–Trinajstić information content (AvgIpc) is 3.20. The van der Waals surface area contributed by atoms with Gasteiger partial charge in [0.25, 0.3) is 0 Å². The lowest BCUT2D eigenvalue weighted by molar-refractivity contribution is 0.280. The Morgan fingerprint density at radius 2 is 1.86 bits per heavy atom. The van der Waals surface area contributed by atoms with Crippen LogP contribution in [-0.4, -0.2) is 31.1 Å². The van der Waals surface area contributed by atoms with Crippen LogP contribution >= 0.6 is 0 Å². The average molecular weight is 382 g/mol. The van der Waals surface area contributed by atoms with E-state index in [-0.39, 0.29) is 5.41 Å². The number of rotatable bonds is 12. The molecule has 28 heavy (non-hydrogen) atoms. The molecule has 0 radical (unpaired) electrons. The molecule has 1 aromatic rings. The molecule has 0 aliphatic carbocycles. The van der Waals surface area contributed by atoms with Gasteiger partial charge in [0.1, 0.15) is 5.75 Å². The number of likely N-dealkylation sites (tertiary alicyclic amines) is 1. The third-order valence-corrected chi connectivity index (χ3v) is 5.57. The molecule has 0 bridgehead atoms. The van der Waals surface area contributed by atoms with E-state index in [0.717, 1.165) is 31.6 Å². The summed E-state index contributed by atoms with van der Waals surface area (Å²) in [7, 11) is 0. The van der Waals surface area contributed by atoms with Gasteiger partial charge in [-0.2, -0.15) is 0 Å². The van der Waals surface area contributed by atoms with E-state index in [2.05, 4.69) is 80.8 Å². The molecule has 0 unspecified atom stereocenters. The van der Waals surface area contributed by atoms with Crippen LogP contribution in [0.15, 0.2) is 54.6 Å². The molecule has 0 aromatic heterocycles. The Labute approximate surface area is 173 Å². The monoisotopic (exact) mass is 381 g/mol. The zero-order chi connectivity index (χ0) is 20.2. The van der Waals surface area contributed by atoms with Crippen LogP contribution in [0.4, 0.5) is 0 Å². The second kappa shape index (κ2) is 11.9. The highest BCUT2D eigenvalue weighted by molar-refractivity contribution is 5.52. The fourth-order valence-corrected chi connectivity index (χ4v) is 3.52. The fraction of sp³-hybridized carbons (Fsp3) is 0.538. The van der Waals surface area contributed by atoms with Crippen LogP contribution in [0.2, 0.25) is 0 Å². The number of hydrogen-bond acceptors (Lipinski definition) is 2. The summed E-state index contributed by atoms with van der Waals surface area (Å²) < 4.78 is 5.90. The molecule has 1 saturated heterocycles. The van der Waals surface area contributed by atoms with Gasteiger partial charge in [-0.1, -0.05) is 48.9 Å². The molecule has 1 aliphatic rings. The molecule has 0 saturated carbocycles. The molecule has 1 fully saturated rings. The van der Waals surface area contributed by atoms with Crippen molar-refractivity contribution < 1.29 is 4.74 Å². The molecule has 0 N–H and O–H groups in total. The molecule has 1 heterocycles. The first kappa shape index (κ1) is 22.5. The molecule has 2 rings (SSSR count). The quantitative estimate of drug-likeness (QED) is 0.288. The van der Waals surface area contributed by atoms with Crippen LogP contribution in [0.5, 0.6) is 5.75 Å². The zero-order valence-corrected chi connectivity index (χ0v) is 18.3. The van der Waals surface area contributed by atoms with E-state index >= 15 is 0 Å². The van der Waals surface area contributed by atoms with Crippen molar-refractivity contribution in [3.8, 4) is 5.75 Å². The highest BCUT2D eigenvalue weighted by atomic mass is 16.5. The van der Waals surface area contributed by atoms with Crippen LogP contribution in [-0.2, 0) is 0 Å². The van der Waals surface area contributed by atoms with Crippen molar-refractivity contribution in [1.82, 2.24) is 4.90 Å². The minimum Gasteiger partial charge on any atom is -0.494 e. The minimum absolute atomic E-state index is 0.0243. The highest BCUT2D eigenvalue weighted by Crippen LogP contribution is 2.28. The number of allylic oxidation sites excluding steroid dienone is 4. The maximum absolute atomic E-state index is 5.90. The molecular weight excluding hydrogens is 342 g/mol. The molecule has 1 aromatic carbocycles. The SMILES string of the molecule is C=C[C@@](C)(/C=C/c1ccc(OCCCCN2CCCC2)cc1)CCC=C(C)C. The molecule has 2 heteroatoms. The van der Waals surface area contributed by atoms with E-state index in [1.54, 1.807) is 0 Å². The van der Waals surface area contributed by atoms with Crippen molar-refractivity contribution in [1.29, 1.82) is 0 Å². The molecule has 154 valence electrons. The third kappa shape index (κ3) is 8.48. The third-order valence-electron chi connectivity index (χ3n) is 5.57. The zero-order valence-electron chi connectivity index (χ0n) is 18.3. The highest BCUT2D eigenvalue weighted by Gasteiger charge is 2.15. The van der Waals surface area contributed by atoms with Gasteiger partial charge in [-0.25, -0.2) is 0 Å². The Hall–Kier alpha value is -1.80. The number of ether oxygens (including phenoxy) is 1. The normalized spacial score (nSPS) is 16.8. The van der Waals surface area contributed by atoms with Gasteiger partial charge in [-0.05, 0) is 89.7 Å². The van der Waals surface area contributed by atoms with Crippen LogP contribution in [0.3, 0.4) is 0 Å². The molecule has 2 nitrogen and oxygen atoms in total. The van der Waals surface area contributed by atoms with E-state index in [0.29, 0.717) is 0 Å². The number of hydrogen-bond donors (Lipinski definition) is 0. The van der Waals surface area contributed by atoms with Gasteiger partial charge in [0.2, 0.25) is 0 Å². The Balaban J connectivity index is 1.73. The summed E-state index contributed by atoms with van der Waals surface area (Å²) in [6.07, 6.45) is 16.1. The van der Waals surface area contributed by atoms with Gasteiger partial charge in [-0.3, -0.25) is 0 Å². The Morgan fingerprint density at radius 1 is 1.14 bits per heavy atom. The van der Waals surface area contributed by atoms with Crippen molar-refractivity contribution in [2.24, 2.45) is 5.41 Å². The van der Waals surface area contributed by atoms with Crippen LogP contribution in [0.1, 0.15) is 64.9 Å². The Morgan fingerprint density at radius 3 is 2.50 bits per heavy atom. The van der Waals surface area contributed by atoms with E-state index in [9.17, 15) is 0 Å².